The number of rotatable bonds is 5. The van der Waals surface area contributed by atoms with Crippen LogP contribution in [0.25, 0.3) is 0 Å². The average Bonchev–Trinajstić information content (AvgIpc) is 3.00. The Bertz CT molecular complexity index is 368. The number of oxime groups is 1. The Morgan fingerprint density at radius 3 is 2.63 bits per heavy atom. The third kappa shape index (κ3) is 3.01. The molecule has 0 heterocycles. The lowest BCUT2D eigenvalue weighted by molar-refractivity contribution is -0.138. The van der Waals surface area contributed by atoms with Crippen LogP contribution >= 0.6 is 0 Å². The lowest BCUT2D eigenvalue weighted by atomic mass is 9.87. The van der Waals surface area contributed by atoms with Gasteiger partial charge in [0.1, 0.15) is 5.84 Å². The van der Waals surface area contributed by atoms with Gasteiger partial charge in [-0.2, -0.15) is 0 Å². The fraction of sp³-hybridized carbons (Fsp3) is 0.857. The van der Waals surface area contributed by atoms with E-state index < -0.39 is 0 Å². The summed E-state index contributed by atoms with van der Waals surface area (Å²) >= 11 is 0. The molecule has 0 aromatic heterocycles. The molecule has 0 aromatic carbocycles. The van der Waals surface area contributed by atoms with Crippen LogP contribution in [0.15, 0.2) is 5.16 Å². The number of amides is 1. The minimum atomic E-state index is 0.165. The number of carbonyl (C=O) groups is 1. The Labute approximate surface area is 114 Å². The molecule has 2 saturated carbocycles. The second-order valence-corrected chi connectivity index (χ2v) is 6.25. The molecule has 108 valence electrons. The molecule has 0 radical (unpaired) electrons. The zero-order valence-electron chi connectivity index (χ0n) is 11.9. The molecule has 2 fully saturated rings. The molecule has 1 amide bonds. The van der Waals surface area contributed by atoms with Crippen LogP contribution in [0.5, 0.6) is 0 Å². The van der Waals surface area contributed by atoms with Gasteiger partial charge >= 0.3 is 0 Å². The molecular weight excluding hydrogens is 242 g/mol. The van der Waals surface area contributed by atoms with Gasteiger partial charge in [-0.15, -0.1) is 0 Å². The standard InChI is InChI=1S/C14H25N3O2/c1-9(2)17(6-5-13(15)16-19)14(18)12-8-10-3-4-11(12)7-10/h9-12,19H,3-8H2,1-2H3,(H2,15,16). The van der Waals surface area contributed by atoms with Gasteiger partial charge in [-0.3, -0.25) is 4.79 Å². The first-order valence-electron chi connectivity index (χ1n) is 7.29. The van der Waals surface area contributed by atoms with Gasteiger partial charge in [-0.25, -0.2) is 0 Å². The van der Waals surface area contributed by atoms with Crippen LogP contribution in [0.1, 0.15) is 46.0 Å². The average molecular weight is 267 g/mol. The van der Waals surface area contributed by atoms with E-state index in [2.05, 4.69) is 5.16 Å². The Kier molecular flexibility index (Phi) is 4.32. The molecular formula is C14H25N3O2. The molecule has 0 aromatic rings. The number of nitrogens with two attached hydrogens (primary N) is 1. The van der Waals surface area contributed by atoms with Gasteiger partial charge in [0.05, 0.1) is 0 Å². The Balaban J connectivity index is 1.96. The lowest BCUT2D eigenvalue weighted by Gasteiger charge is -2.32. The van der Waals surface area contributed by atoms with Gasteiger partial charge in [0.15, 0.2) is 0 Å². The SMILES string of the molecule is CC(C)N(CC/C(N)=N/O)C(=O)C1CC2CCC1C2. The maximum absolute atomic E-state index is 12.7. The van der Waals surface area contributed by atoms with Crippen molar-refractivity contribution in [2.45, 2.75) is 52.0 Å². The van der Waals surface area contributed by atoms with Crippen LogP contribution in [-0.2, 0) is 4.79 Å². The van der Waals surface area contributed by atoms with E-state index in [0.29, 0.717) is 18.9 Å². The molecule has 0 aliphatic heterocycles. The molecule has 2 aliphatic carbocycles. The van der Waals surface area contributed by atoms with Crippen molar-refractivity contribution in [2.75, 3.05) is 6.54 Å². The summed E-state index contributed by atoms with van der Waals surface area (Å²) in [4.78, 5) is 14.6. The predicted octanol–water partition coefficient (Wildman–Crippen LogP) is 1.80. The minimum absolute atomic E-state index is 0.165. The van der Waals surface area contributed by atoms with E-state index in [1.807, 2.05) is 18.7 Å². The Morgan fingerprint density at radius 1 is 1.42 bits per heavy atom. The first-order chi connectivity index (χ1) is 9.02. The summed E-state index contributed by atoms with van der Waals surface area (Å²) in [7, 11) is 0. The lowest BCUT2D eigenvalue weighted by Crippen LogP contribution is -2.43. The number of hydrogen-bond acceptors (Lipinski definition) is 3. The van der Waals surface area contributed by atoms with E-state index in [-0.39, 0.29) is 23.7 Å². The van der Waals surface area contributed by atoms with Crippen LogP contribution in [0.4, 0.5) is 0 Å². The van der Waals surface area contributed by atoms with Crippen molar-refractivity contribution in [2.24, 2.45) is 28.6 Å². The summed E-state index contributed by atoms with van der Waals surface area (Å²) in [6, 6.07) is 0.165. The monoisotopic (exact) mass is 267 g/mol. The van der Waals surface area contributed by atoms with E-state index in [1.54, 1.807) is 0 Å². The van der Waals surface area contributed by atoms with Gasteiger partial charge < -0.3 is 15.8 Å². The highest BCUT2D eigenvalue weighted by Gasteiger charge is 2.44. The highest BCUT2D eigenvalue weighted by molar-refractivity contribution is 5.82. The fourth-order valence-corrected chi connectivity index (χ4v) is 3.67. The summed E-state index contributed by atoms with van der Waals surface area (Å²) in [5.74, 6) is 2.05. The topological polar surface area (TPSA) is 78.9 Å². The van der Waals surface area contributed by atoms with Crippen molar-refractivity contribution < 1.29 is 10.0 Å². The molecule has 19 heavy (non-hydrogen) atoms. The van der Waals surface area contributed by atoms with Gasteiger partial charge in [0.25, 0.3) is 0 Å². The zero-order chi connectivity index (χ0) is 14.0. The molecule has 2 aliphatic rings. The summed E-state index contributed by atoms with van der Waals surface area (Å²) in [5.41, 5.74) is 5.50. The summed E-state index contributed by atoms with van der Waals surface area (Å²) in [6.45, 7) is 4.59. The summed E-state index contributed by atoms with van der Waals surface area (Å²) < 4.78 is 0. The van der Waals surface area contributed by atoms with Crippen LogP contribution in [0.2, 0.25) is 0 Å². The molecule has 3 unspecified atom stereocenters. The van der Waals surface area contributed by atoms with Crippen molar-refractivity contribution in [1.29, 1.82) is 0 Å². The summed E-state index contributed by atoms with van der Waals surface area (Å²) in [5, 5.41) is 11.6. The van der Waals surface area contributed by atoms with Gasteiger partial charge in [0, 0.05) is 24.9 Å². The predicted molar refractivity (Wildman–Crippen MR) is 73.8 cm³/mol. The largest absolute Gasteiger partial charge is 0.409 e. The Hall–Kier alpha value is -1.26. The van der Waals surface area contributed by atoms with E-state index in [4.69, 9.17) is 10.9 Å². The molecule has 0 spiro atoms. The Morgan fingerprint density at radius 2 is 2.16 bits per heavy atom. The minimum Gasteiger partial charge on any atom is -0.409 e. The van der Waals surface area contributed by atoms with Crippen molar-refractivity contribution in [3.05, 3.63) is 0 Å². The zero-order valence-corrected chi connectivity index (χ0v) is 11.9. The number of carbonyl (C=O) groups excluding carboxylic acids is 1. The molecule has 5 nitrogen and oxygen atoms in total. The highest BCUT2D eigenvalue weighted by atomic mass is 16.4. The van der Waals surface area contributed by atoms with Crippen molar-refractivity contribution in [1.82, 2.24) is 4.90 Å². The van der Waals surface area contributed by atoms with Crippen LogP contribution in [0, 0.1) is 17.8 Å². The molecule has 3 atom stereocenters. The third-order valence-electron chi connectivity index (χ3n) is 4.70. The maximum atomic E-state index is 12.7. The van der Waals surface area contributed by atoms with Crippen molar-refractivity contribution >= 4 is 11.7 Å². The smallest absolute Gasteiger partial charge is 0.226 e. The fourth-order valence-electron chi connectivity index (χ4n) is 3.67. The second-order valence-electron chi connectivity index (χ2n) is 6.25. The molecule has 2 rings (SSSR count). The number of amidine groups is 1. The van der Waals surface area contributed by atoms with Gasteiger partial charge in [-0.1, -0.05) is 11.6 Å². The first kappa shape index (κ1) is 14.2. The summed E-state index contributed by atoms with van der Waals surface area (Å²) in [6.07, 6.45) is 5.26. The number of fused-ring (bicyclic) bond motifs is 2. The van der Waals surface area contributed by atoms with Gasteiger partial charge in [0.2, 0.25) is 5.91 Å². The molecule has 3 N–H and O–H groups in total. The van der Waals surface area contributed by atoms with E-state index in [9.17, 15) is 4.79 Å². The van der Waals surface area contributed by atoms with Crippen LogP contribution in [-0.4, -0.2) is 34.4 Å². The van der Waals surface area contributed by atoms with Crippen molar-refractivity contribution in [3.63, 3.8) is 0 Å². The molecule has 5 heteroatoms. The molecule has 2 bridgehead atoms. The third-order valence-corrected chi connectivity index (χ3v) is 4.70. The highest BCUT2D eigenvalue weighted by Crippen LogP contribution is 2.49. The maximum Gasteiger partial charge on any atom is 0.226 e. The van der Waals surface area contributed by atoms with E-state index in [0.717, 1.165) is 12.3 Å². The van der Waals surface area contributed by atoms with E-state index in [1.165, 1.54) is 19.3 Å². The quantitative estimate of drug-likeness (QED) is 0.345. The van der Waals surface area contributed by atoms with Crippen LogP contribution < -0.4 is 5.73 Å². The number of hydrogen-bond donors (Lipinski definition) is 2. The van der Waals surface area contributed by atoms with E-state index >= 15 is 0 Å². The first-order valence-corrected chi connectivity index (χ1v) is 7.29. The van der Waals surface area contributed by atoms with Crippen LogP contribution in [0.3, 0.4) is 0 Å². The van der Waals surface area contributed by atoms with Gasteiger partial charge in [-0.05, 0) is 44.9 Å². The second kappa shape index (κ2) is 5.80. The molecule has 0 saturated heterocycles. The normalized spacial score (nSPS) is 30.1. The van der Waals surface area contributed by atoms with Crippen molar-refractivity contribution in [3.8, 4) is 0 Å². The number of nitrogens with zero attached hydrogens (tertiary/aromatic N) is 2.